The first-order valence-corrected chi connectivity index (χ1v) is 6.95. The van der Waals surface area contributed by atoms with Crippen molar-refractivity contribution >= 4 is 23.0 Å². The van der Waals surface area contributed by atoms with E-state index in [1.54, 1.807) is 11.3 Å². The summed E-state index contributed by atoms with van der Waals surface area (Å²) >= 11 is 1.62. The van der Waals surface area contributed by atoms with Crippen LogP contribution in [-0.2, 0) is 11.2 Å². The zero-order chi connectivity index (χ0) is 13.7. The molecule has 5 heteroatoms. The molecule has 1 aromatic carbocycles. The van der Waals surface area contributed by atoms with Crippen molar-refractivity contribution < 1.29 is 9.90 Å². The molecular formula is C14H16N2O2S. The summed E-state index contributed by atoms with van der Waals surface area (Å²) < 4.78 is 0. The molecule has 0 bridgehead atoms. The summed E-state index contributed by atoms with van der Waals surface area (Å²) in [6.45, 7) is 2.68. The van der Waals surface area contributed by atoms with Crippen LogP contribution in [0.2, 0.25) is 0 Å². The van der Waals surface area contributed by atoms with E-state index in [-0.39, 0.29) is 6.54 Å². The third-order valence-electron chi connectivity index (χ3n) is 2.90. The summed E-state index contributed by atoms with van der Waals surface area (Å²) in [6.07, 6.45) is 0.818. The van der Waals surface area contributed by atoms with Crippen LogP contribution >= 0.6 is 11.3 Å². The van der Waals surface area contributed by atoms with Crippen molar-refractivity contribution in [2.24, 2.45) is 0 Å². The van der Waals surface area contributed by atoms with E-state index in [1.165, 1.54) is 4.88 Å². The summed E-state index contributed by atoms with van der Waals surface area (Å²) in [7, 11) is 0. The van der Waals surface area contributed by atoms with Gasteiger partial charge in [-0.2, -0.15) is 0 Å². The number of carboxylic acid groups (broad SMARTS) is 1. The standard InChI is InChI=1S/C14H16N2O2S/c1-11-13(19-10-15-11)7-8-16(9-14(17)18)12-5-3-2-4-6-12/h2-6,10H,7-9H2,1H3,(H,17,18). The smallest absolute Gasteiger partial charge is 0.323 e. The number of aromatic nitrogens is 1. The molecule has 0 spiro atoms. The lowest BCUT2D eigenvalue weighted by Gasteiger charge is -2.22. The molecule has 0 saturated heterocycles. The first-order valence-electron chi connectivity index (χ1n) is 6.07. The average Bonchev–Trinajstić information content (AvgIpc) is 2.81. The Morgan fingerprint density at radius 1 is 1.37 bits per heavy atom. The van der Waals surface area contributed by atoms with Crippen molar-refractivity contribution in [2.75, 3.05) is 18.0 Å². The molecule has 0 saturated carbocycles. The molecule has 2 rings (SSSR count). The summed E-state index contributed by atoms with van der Waals surface area (Å²) in [5, 5.41) is 9.01. The largest absolute Gasteiger partial charge is 0.480 e. The number of thiazole rings is 1. The molecule has 2 aromatic rings. The van der Waals surface area contributed by atoms with E-state index in [2.05, 4.69) is 4.98 Å². The Morgan fingerprint density at radius 2 is 2.11 bits per heavy atom. The van der Waals surface area contributed by atoms with Gasteiger partial charge in [0.1, 0.15) is 6.54 Å². The van der Waals surface area contributed by atoms with Crippen molar-refractivity contribution in [3.63, 3.8) is 0 Å². The van der Waals surface area contributed by atoms with Crippen molar-refractivity contribution in [3.05, 3.63) is 46.4 Å². The molecule has 0 radical (unpaired) electrons. The van der Waals surface area contributed by atoms with Gasteiger partial charge >= 0.3 is 5.97 Å². The van der Waals surface area contributed by atoms with Crippen molar-refractivity contribution in [1.29, 1.82) is 0 Å². The minimum atomic E-state index is -0.815. The van der Waals surface area contributed by atoms with E-state index >= 15 is 0 Å². The number of carboxylic acids is 1. The van der Waals surface area contributed by atoms with Crippen LogP contribution in [0.4, 0.5) is 5.69 Å². The Kier molecular flexibility index (Phi) is 4.52. The van der Waals surface area contributed by atoms with Gasteiger partial charge in [-0.05, 0) is 19.1 Å². The number of carbonyl (C=O) groups is 1. The van der Waals surface area contributed by atoms with E-state index in [0.717, 1.165) is 17.8 Å². The second-order valence-corrected chi connectivity index (χ2v) is 5.20. The normalized spacial score (nSPS) is 10.4. The lowest BCUT2D eigenvalue weighted by molar-refractivity contribution is -0.135. The zero-order valence-corrected chi connectivity index (χ0v) is 11.6. The van der Waals surface area contributed by atoms with Gasteiger partial charge in [0.25, 0.3) is 0 Å². The summed E-state index contributed by atoms with van der Waals surface area (Å²) in [4.78, 5) is 18.3. The molecule has 19 heavy (non-hydrogen) atoms. The number of anilines is 1. The van der Waals surface area contributed by atoms with Gasteiger partial charge in [0.2, 0.25) is 0 Å². The molecule has 0 amide bonds. The highest BCUT2D eigenvalue weighted by molar-refractivity contribution is 7.09. The molecule has 100 valence electrons. The van der Waals surface area contributed by atoms with Gasteiger partial charge in [0, 0.05) is 23.5 Å². The molecule has 0 aliphatic heterocycles. The molecule has 4 nitrogen and oxygen atoms in total. The number of benzene rings is 1. The Bertz CT molecular complexity index is 539. The van der Waals surface area contributed by atoms with E-state index in [1.807, 2.05) is 47.7 Å². The molecule has 0 unspecified atom stereocenters. The molecule has 0 fully saturated rings. The lowest BCUT2D eigenvalue weighted by Crippen LogP contribution is -2.31. The third kappa shape index (κ3) is 3.79. The lowest BCUT2D eigenvalue weighted by atomic mass is 10.2. The Morgan fingerprint density at radius 3 is 2.68 bits per heavy atom. The first kappa shape index (κ1) is 13.5. The van der Waals surface area contributed by atoms with Crippen molar-refractivity contribution in [1.82, 2.24) is 4.98 Å². The topological polar surface area (TPSA) is 53.4 Å². The average molecular weight is 276 g/mol. The van der Waals surface area contributed by atoms with Crippen LogP contribution in [0.1, 0.15) is 10.6 Å². The maximum atomic E-state index is 11.0. The van der Waals surface area contributed by atoms with Gasteiger partial charge in [-0.25, -0.2) is 4.98 Å². The van der Waals surface area contributed by atoms with Crippen LogP contribution < -0.4 is 4.90 Å². The quantitative estimate of drug-likeness (QED) is 0.881. The monoisotopic (exact) mass is 276 g/mol. The van der Waals surface area contributed by atoms with Gasteiger partial charge < -0.3 is 10.0 Å². The number of hydrogen-bond acceptors (Lipinski definition) is 4. The number of para-hydroxylation sites is 1. The molecule has 1 N–H and O–H groups in total. The minimum absolute atomic E-state index is 0.0157. The predicted molar refractivity (Wildman–Crippen MR) is 76.8 cm³/mol. The molecule has 0 aliphatic carbocycles. The maximum absolute atomic E-state index is 11.0. The third-order valence-corrected chi connectivity index (χ3v) is 3.90. The van der Waals surface area contributed by atoms with Gasteiger partial charge in [0.05, 0.1) is 11.2 Å². The first-order chi connectivity index (χ1) is 9.16. The van der Waals surface area contributed by atoms with Crippen molar-refractivity contribution in [3.8, 4) is 0 Å². The highest BCUT2D eigenvalue weighted by atomic mass is 32.1. The molecular weight excluding hydrogens is 260 g/mol. The Hall–Kier alpha value is -1.88. The van der Waals surface area contributed by atoms with E-state index in [4.69, 9.17) is 5.11 Å². The van der Waals surface area contributed by atoms with Crippen LogP contribution in [0.3, 0.4) is 0 Å². The Balaban J connectivity index is 2.06. The fourth-order valence-electron chi connectivity index (χ4n) is 1.90. The fourth-order valence-corrected chi connectivity index (χ4v) is 2.67. The van der Waals surface area contributed by atoms with Gasteiger partial charge in [-0.1, -0.05) is 18.2 Å². The number of hydrogen-bond donors (Lipinski definition) is 1. The van der Waals surface area contributed by atoms with Crippen molar-refractivity contribution in [2.45, 2.75) is 13.3 Å². The van der Waals surface area contributed by atoms with E-state index in [0.29, 0.717) is 6.54 Å². The fraction of sp³-hybridized carbons (Fsp3) is 0.286. The van der Waals surface area contributed by atoms with Crippen LogP contribution in [-0.4, -0.2) is 29.1 Å². The highest BCUT2D eigenvalue weighted by Crippen LogP contribution is 2.17. The maximum Gasteiger partial charge on any atom is 0.323 e. The molecule has 1 heterocycles. The number of aliphatic carboxylic acids is 1. The summed E-state index contributed by atoms with van der Waals surface area (Å²) in [5.41, 5.74) is 3.80. The molecule has 0 aliphatic rings. The van der Waals surface area contributed by atoms with E-state index in [9.17, 15) is 4.79 Å². The SMILES string of the molecule is Cc1ncsc1CCN(CC(=O)O)c1ccccc1. The second kappa shape index (κ2) is 6.33. The zero-order valence-electron chi connectivity index (χ0n) is 10.7. The molecule has 0 atom stereocenters. The van der Waals surface area contributed by atoms with Crippen LogP contribution in [0.15, 0.2) is 35.8 Å². The van der Waals surface area contributed by atoms with Crippen LogP contribution in [0, 0.1) is 6.92 Å². The number of nitrogens with zero attached hydrogens (tertiary/aromatic N) is 2. The summed E-state index contributed by atoms with van der Waals surface area (Å²) in [6, 6.07) is 9.63. The van der Waals surface area contributed by atoms with E-state index < -0.39 is 5.97 Å². The Labute approximate surface area is 116 Å². The second-order valence-electron chi connectivity index (χ2n) is 4.26. The van der Waals surface area contributed by atoms with Gasteiger partial charge in [-0.3, -0.25) is 4.79 Å². The summed E-state index contributed by atoms with van der Waals surface area (Å²) in [5.74, 6) is -0.815. The number of aryl methyl sites for hydroxylation is 1. The minimum Gasteiger partial charge on any atom is -0.480 e. The van der Waals surface area contributed by atoms with Gasteiger partial charge in [0.15, 0.2) is 0 Å². The predicted octanol–water partition coefficient (Wildman–Crippen LogP) is 2.59. The van der Waals surface area contributed by atoms with Gasteiger partial charge in [-0.15, -0.1) is 11.3 Å². The molecule has 1 aromatic heterocycles. The highest BCUT2D eigenvalue weighted by Gasteiger charge is 2.11. The van der Waals surface area contributed by atoms with Crippen LogP contribution in [0.5, 0.6) is 0 Å². The number of rotatable bonds is 6. The van der Waals surface area contributed by atoms with Crippen LogP contribution in [0.25, 0.3) is 0 Å².